The van der Waals surface area contributed by atoms with Crippen molar-refractivity contribution in [3.8, 4) is 23.0 Å². The standard InChI is InChI=1S/C29H31FN2O4/c1-19-12-20-4-5-25(28(30)21(20)13-19)36-24-6-8-31-23-15-27(26(33-2)14-22(23)24)35-11-3-9-32-10-7-29(16-32)17-34-18-29/h4-6,8,13-15H,3,7,9-12,16-18H2,1-2H3. The predicted molar refractivity (Wildman–Crippen MR) is 137 cm³/mol. The summed E-state index contributed by atoms with van der Waals surface area (Å²) >= 11 is 0. The van der Waals surface area contributed by atoms with Crippen LogP contribution >= 0.6 is 0 Å². The topological polar surface area (TPSA) is 53.0 Å². The molecule has 0 radical (unpaired) electrons. The third kappa shape index (κ3) is 4.31. The first-order chi connectivity index (χ1) is 17.5. The molecule has 2 aliphatic heterocycles. The van der Waals surface area contributed by atoms with Crippen molar-refractivity contribution in [3.63, 3.8) is 0 Å². The molecule has 6 nitrogen and oxygen atoms in total. The lowest BCUT2D eigenvalue weighted by Gasteiger charge is -2.37. The Kier molecular flexibility index (Phi) is 6.05. The van der Waals surface area contributed by atoms with Gasteiger partial charge in [0, 0.05) is 41.7 Å². The summed E-state index contributed by atoms with van der Waals surface area (Å²) in [6.07, 6.45) is 6.49. The Hall–Kier alpha value is -3.16. The van der Waals surface area contributed by atoms with Crippen molar-refractivity contribution in [3.05, 3.63) is 59.0 Å². The number of hydrogen-bond donors (Lipinski definition) is 0. The average Bonchev–Trinajstić information content (AvgIpc) is 3.47. The third-order valence-corrected chi connectivity index (χ3v) is 7.51. The van der Waals surface area contributed by atoms with Gasteiger partial charge < -0.3 is 23.8 Å². The Bertz CT molecular complexity index is 1330. The molecule has 36 heavy (non-hydrogen) atoms. The zero-order chi connectivity index (χ0) is 24.7. The molecule has 3 aromatic rings. The highest BCUT2D eigenvalue weighted by Crippen LogP contribution is 2.40. The molecule has 2 saturated heterocycles. The van der Waals surface area contributed by atoms with E-state index in [-0.39, 0.29) is 11.6 Å². The fourth-order valence-corrected chi connectivity index (χ4v) is 5.52. The fourth-order valence-electron chi connectivity index (χ4n) is 5.52. The van der Waals surface area contributed by atoms with Crippen molar-refractivity contribution in [1.82, 2.24) is 9.88 Å². The summed E-state index contributed by atoms with van der Waals surface area (Å²) in [6, 6.07) is 9.08. The van der Waals surface area contributed by atoms with E-state index in [9.17, 15) is 0 Å². The zero-order valence-electron chi connectivity index (χ0n) is 20.8. The molecule has 0 bridgehead atoms. The first-order valence-electron chi connectivity index (χ1n) is 12.6. The van der Waals surface area contributed by atoms with Gasteiger partial charge in [0.15, 0.2) is 23.1 Å². The Labute approximate surface area is 210 Å². The normalized spacial score (nSPS) is 18.2. The number of fused-ring (bicyclic) bond motifs is 2. The molecule has 7 heteroatoms. The molecule has 0 atom stereocenters. The molecule has 2 fully saturated rings. The highest BCUT2D eigenvalue weighted by Gasteiger charge is 2.43. The summed E-state index contributed by atoms with van der Waals surface area (Å²) in [5, 5.41) is 0.735. The maximum Gasteiger partial charge on any atom is 0.173 e. The molecule has 3 aliphatic rings. The average molecular weight is 491 g/mol. The van der Waals surface area contributed by atoms with Gasteiger partial charge in [-0.05, 0) is 56.5 Å². The van der Waals surface area contributed by atoms with Gasteiger partial charge in [0.05, 0.1) is 32.4 Å². The van der Waals surface area contributed by atoms with Crippen molar-refractivity contribution in [2.45, 2.75) is 26.2 Å². The van der Waals surface area contributed by atoms with Gasteiger partial charge in [-0.1, -0.05) is 17.7 Å². The molecule has 3 heterocycles. The fraction of sp³-hybridized carbons (Fsp3) is 0.414. The largest absolute Gasteiger partial charge is 0.493 e. The van der Waals surface area contributed by atoms with Gasteiger partial charge in [0.1, 0.15) is 5.75 Å². The minimum Gasteiger partial charge on any atom is -0.493 e. The molecule has 6 rings (SSSR count). The van der Waals surface area contributed by atoms with Crippen molar-refractivity contribution < 1.29 is 23.3 Å². The molecule has 1 aliphatic carbocycles. The molecule has 0 unspecified atom stereocenters. The van der Waals surface area contributed by atoms with E-state index >= 15 is 4.39 Å². The van der Waals surface area contributed by atoms with Gasteiger partial charge in [-0.25, -0.2) is 4.39 Å². The lowest BCUT2D eigenvalue weighted by molar-refractivity contribution is -0.105. The Morgan fingerprint density at radius 2 is 2.00 bits per heavy atom. The maximum atomic E-state index is 15.2. The second-order valence-electron chi connectivity index (χ2n) is 10.3. The number of hydrogen-bond acceptors (Lipinski definition) is 6. The van der Waals surface area contributed by atoms with Crippen molar-refractivity contribution >= 4 is 17.0 Å². The quantitative estimate of drug-likeness (QED) is 0.382. The van der Waals surface area contributed by atoms with E-state index in [1.165, 1.54) is 6.42 Å². The predicted octanol–water partition coefficient (Wildman–Crippen LogP) is 5.63. The molecule has 0 N–H and O–H groups in total. The van der Waals surface area contributed by atoms with Crippen LogP contribution < -0.4 is 14.2 Å². The van der Waals surface area contributed by atoms with Gasteiger partial charge in [-0.15, -0.1) is 0 Å². The Morgan fingerprint density at radius 1 is 1.11 bits per heavy atom. The highest BCUT2D eigenvalue weighted by atomic mass is 19.1. The van der Waals surface area contributed by atoms with Crippen molar-refractivity contribution in [2.24, 2.45) is 5.41 Å². The SMILES string of the molecule is COc1cc2c(Oc3ccc4c(c3F)C=C(C)C4)ccnc2cc1OCCCN1CCC2(COC2)C1. The molecule has 188 valence electrons. The number of aromatic nitrogens is 1. The van der Waals surface area contributed by atoms with Crippen LogP contribution in [0.25, 0.3) is 17.0 Å². The molecule has 0 saturated carbocycles. The summed E-state index contributed by atoms with van der Waals surface area (Å²) in [7, 11) is 1.62. The van der Waals surface area contributed by atoms with E-state index in [1.807, 2.05) is 31.2 Å². The van der Waals surface area contributed by atoms with Gasteiger partial charge in [-0.3, -0.25) is 4.98 Å². The lowest BCUT2D eigenvalue weighted by atomic mass is 9.85. The lowest BCUT2D eigenvalue weighted by Crippen LogP contribution is -2.44. The minimum absolute atomic E-state index is 0.198. The smallest absolute Gasteiger partial charge is 0.173 e. The maximum absolute atomic E-state index is 15.2. The van der Waals surface area contributed by atoms with Gasteiger partial charge in [0.25, 0.3) is 0 Å². The van der Waals surface area contributed by atoms with Crippen LogP contribution in [0.15, 0.2) is 42.1 Å². The van der Waals surface area contributed by atoms with Gasteiger partial charge in [-0.2, -0.15) is 0 Å². The monoisotopic (exact) mass is 490 g/mol. The number of rotatable bonds is 8. The molecule has 1 aromatic heterocycles. The third-order valence-electron chi connectivity index (χ3n) is 7.51. The summed E-state index contributed by atoms with van der Waals surface area (Å²) in [6.45, 7) is 7.68. The van der Waals surface area contributed by atoms with Crippen LogP contribution in [-0.2, 0) is 11.2 Å². The van der Waals surface area contributed by atoms with Crippen LogP contribution in [0.5, 0.6) is 23.0 Å². The summed E-state index contributed by atoms with van der Waals surface area (Å²) in [5.74, 6) is 1.62. The molecular formula is C29H31FN2O4. The number of halogens is 1. The number of methoxy groups -OCH3 is 1. The van der Waals surface area contributed by atoms with E-state index in [2.05, 4.69) is 9.88 Å². The van der Waals surface area contributed by atoms with E-state index in [1.54, 1.807) is 25.4 Å². The van der Waals surface area contributed by atoms with Gasteiger partial charge in [0.2, 0.25) is 0 Å². The van der Waals surface area contributed by atoms with Crippen LogP contribution in [0, 0.1) is 11.2 Å². The molecular weight excluding hydrogens is 459 g/mol. The number of benzene rings is 2. The Balaban J connectivity index is 1.16. The minimum atomic E-state index is -0.338. The number of allylic oxidation sites excluding steroid dienone is 1. The molecule has 2 aromatic carbocycles. The summed E-state index contributed by atoms with van der Waals surface area (Å²) < 4.78 is 38.4. The molecule has 0 amide bonds. The van der Waals surface area contributed by atoms with Crippen molar-refractivity contribution in [1.29, 1.82) is 0 Å². The molecule has 1 spiro atoms. The number of pyridine rings is 1. The number of likely N-dealkylation sites (tertiary alicyclic amines) is 1. The van der Waals surface area contributed by atoms with E-state index in [0.29, 0.717) is 40.4 Å². The Morgan fingerprint density at radius 3 is 2.78 bits per heavy atom. The highest BCUT2D eigenvalue weighted by molar-refractivity contribution is 5.88. The van der Waals surface area contributed by atoms with Crippen LogP contribution in [-0.4, -0.2) is 56.4 Å². The van der Waals surface area contributed by atoms with Crippen LogP contribution in [0.1, 0.15) is 30.9 Å². The van der Waals surface area contributed by atoms with Crippen LogP contribution in [0.4, 0.5) is 4.39 Å². The van der Waals surface area contributed by atoms with Crippen molar-refractivity contribution in [2.75, 3.05) is 46.6 Å². The van der Waals surface area contributed by atoms with E-state index in [0.717, 1.165) is 62.2 Å². The second-order valence-corrected chi connectivity index (χ2v) is 10.3. The first-order valence-corrected chi connectivity index (χ1v) is 12.6. The van der Waals surface area contributed by atoms with Crippen LogP contribution in [0.2, 0.25) is 0 Å². The number of ether oxygens (including phenoxy) is 4. The second kappa shape index (κ2) is 9.37. The number of nitrogens with zero attached hydrogens (tertiary/aromatic N) is 2. The van der Waals surface area contributed by atoms with E-state index in [4.69, 9.17) is 18.9 Å². The summed E-state index contributed by atoms with van der Waals surface area (Å²) in [4.78, 5) is 7.00. The van der Waals surface area contributed by atoms with E-state index < -0.39 is 0 Å². The zero-order valence-corrected chi connectivity index (χ0v) is 20.8. The summed E-state index contributed by atoms with van der Waals surface area (Å²) in [5.41, 5.74) is 3.85. The van der Waals surface area contributed by atoms with Gasteiger partial charge >= 0.3 is 0 Å². The first kappa shape index (κ1) is 23.3. The van der Waals surface area contributed by atoms with Crippen LogP contribution in [0.3, 0.4) is 0 Å².